The molecule has 1 unspecified atom stereocenters. The predicted octanol–water partition coefficient (Wildman–Crippen LogP) is 2.10. The summed E-state index contributed by atoms with van der Waals surface area (Å²) in [6.45, 7) is 12.9. The van der Waals surface area contributed by atoms with Gasteiger partial charge in [0.05, 0.1) is 0 Å². The Morgan fingerprint density at radius 3 is 2.43 bits per heavy atom. The lowest BCUT2D eigenvalue weighted by Crippen LogP contribution is -2.55. The number of nitrogens with one attached hydrogen (secondary N) is 1. The Hall–Kier alpha value is -0.0800. The van der Waals surface area contributed by atoms with Crippen LogP contribution in [-0.2, 0) is 0 Å². The lowest BCUT2D eigenvalue weighted by Gasteiger charge is -2.39. The van der Waals surface area contributed by atoms with E-state index in [1.807, 2.05) is 0 Å². The van der Waals surface area contributed by atoms with Crippen molar-refractivity contribution in [2.24, 2.45) is 5.92 Å². The predicted molar refractivity (Wildman–Crippen MR) is 62.6 cm³/mol. The van der Waals surface area contributed by atoms with Gasteiger partial charge >= 0.3 is 0 Å². The molecule has 84 valence electrons. The Morgan fingerprint density at radius 2 is 1.93 bits per heavy atom. The molecule has 1 saturated heterocycles. The van der Waals surface area contributed by atoms with Gasteiger partial charge in [0, 0.05) is 31.7 Å². The van der Waals surface area contributed by atoms with Gasteiger partial charge in [-0.3, -0.25) is 4.90 Å². The fourth-order valence-electron chi connectivity index (χ4n) is 2.39. The Morgan fingerprint density at radius 1 is 1.29 bits per heavy atom. The van der Waals surface area contributed by atoms with Crippen molar-refractivity contribution < 1.29 is 0 Å². The minimum Gasteiger partial charge on any atom is -0.311 e. The SMILES string of the molecule is CCC(CC)N1CCNC(C(C)C)C1. The number of nitrogens with zero attached hydrogens (tertiary/aromatic N) is 1. The molecule has 2 heteroatoms. The van der Waals surface area contributed by atoms with Gasteiger partial charge in [-0.1, -0.05) is 27.7 Å². The summed E-state index contributed by atoms with van der Waals surface area (Å²) in [4.78, 5) is 2.67. The second-order valence-corrected chi connectivity index (χ2v) is 4.77. The Bertz CT molecular complexity index is 152. The van der Waals surface area contributed by atoms with Crippen molar-refractivity contribution in [3.63, 3.8) is 0 Å². The van der Waals surface area contributed by atoms with Crippen molar-refractivity contribution in [2.45, 2.75) is 52.6 Å². The lowest BCUT2D eigenvalue weighted by atomic mass is 9.99. The molecule has 1 N–H and O–H groups in total. The summed E-state index contributed by atoms with van der Waals surface area (Å²) in [5, 5.41) is 3.61. The Kier molecular flexibility index (Phi) is 4.90. The van der Waals surface area contributed by atoms with Gasteiger partial charge < -0.3 is 5.32 Å². The molecule has 1 rings (SSSR count). The van der Waals surface area contributed by atoms with E-state index >= 15 is 0 Å². The van der Waals surface area contributed by atoms with Crippen molar-refractivity contribution in [2.75, 3.05) is 19.6 Å². The molecule has 1 fully saturated rings. The highest BCUT2D eigenvalue weighted by atomic mass is 15.2. The molecule has 0 aromatic carbocycles. The van der Waals surface area contributed by atoms with Crippen molar-refractivity contribution in [3.8, 4) is 0 Å². The quantitative estimate of drug-likeness (QED) is 0.744. The van der Waals surface area contributed by atoms with Crippen LogP contribution in [0, 0.1) is 5.92 Å². The zero-order valence-electron chi connectivity index (χ0n) is 10.2. The lowest BCUT2D eigenvalue weighted by molar-refractivity contribution is 0.120. The summed E-state index contributed by atoms with van der Waals surface area (Å²) in [5.41, 5.74) is 0. The second kappa shape index (κ2) is 5.72. The van der Waals surface area contributed by atoms with Crippen molar-refractivity contribution >= 4 is 0 Å². The van der Waals surface area contributed by atoms with Gasteiger partial charge in [-0.25, -0.2) is 0 Å². The summed E-state index contributed by atoms with van der Waals surface area (Å²) < 4.78 is 0. The highest BCUT2D eigenvalue weighted by Gasteiger charge is 2.24. The van der Waals surface area contributed by atoms with Crippen molar-refractivity contribution in [1.29, 1.82) is 0 Å². The maximum absolute atomic E-state index is 3.61. The summed E-state index contributed by atoms with van der Waals surface area (Å²) in [7, 11) is 0. The monoisotopic (exact) mass is 198 g/mol. The molecule has 1 aliphatic rings. The highest BCUT2D eigenvalue weighted by Crippen LogP contribution is 2.14. The third kappa shape index (κ3) is 2.96. The zero-order valence-corrected chi connectivity index (χ0v) is 10.2. The van der Waals surface area contributed by atoms with Crippen LogP contribution in [0.15, 0.2) is 0 Å². The number of piperazine rings is 1. The van der Waals surface area contributed by atoms with E-state index in [9.17, 15) is 0 Å². The molecule has 2 nitrogen and oxygen atoms in total. The number of rotatable bonds is 4. The van der Waals surface area contributed by atoms with Gasteiger partial charge in [0.1, 0.15) is 0 Å². The van der Waals surface area contributed by atoms with Gasteiger partial charge in [0.15, 0.2) is 0 Å². The van der Waals surface area contributed by atoms with Crippen LogP contribution in [0.2, 0.25) is 0 Å². The fourth-order valence-corrected chi connectivity index (χ4v) is 2.39. The van der Waals surface area contributed by atoms with E-state index < -0.39 is 0 Å². The van der Waals surface area contributed by atoms with Gasteiger partial charge in [-0.15, -0.1) is 0 Å². The maximum Gasteiger partial charge on any atom is 0.0218 e. The molecule has 0 amide bonds. The zero-order chi connectivity index (χ0) is 10.6. The van der Waals surface area contributed by atoms with E-state index in [0.717, 1.165) is 12.0 Å². The van der Waals surface area contributed by atoms with Crippen LogP contribution in [0.3, 0.4) is 0 Å². The van der Waals surface area contributed by atoms with Gasteiger partial charge in [0.25, 0.3) is 0 Å². The summed E-state index contributed by atoms with van der Waals surface area (Å²) in [5.74, 6) is 0.757. The van der Waals surface area contributed by atoms with E-state index in [-0.39, 0.29) is 0 Å². The van der Waals surface area contributed by atoms with Crippen LogP contribution in [0.5, 0.6) is 0 Å². The summed E-state index contributed by atoms with van der Waals surface area (Å²) in [6.07, 6.45) is 2.59. The molecule has 1 aliphatic heterocycles. The molecule has 14 heavy (non-hydrogen) atoms. The van der Waals surface area contributed by atoms with Crippen LogP contribution in [0.1, 0.15) is 40.5 Å². The largest absolute Gasteiger partial charge is 0.311 e. The molecule has 0 aliphatic carbocycles. The Labute approximate surface area is 89.1 Å². The van der Waals surface area contributed by atoms with Gasteiger partial charge in [0.2, 0.25) is 0 Å². The Balaban J connectivity index is 2.46. The smallest absolute Gasteiger partial charge is 0.0218 e. The van der Waals surface area contributed by atoms with E-state index in [4.69, 9.17) is 0 Å². The van der Waals surface area contributed by atoms with Crippen LogP contribution >= 0.6 is 0 Å². The van der Waals surface area contributed by atoms with E-state index in [1.54, 1.807) is 0 Å². The first-order valence-corrected chi connectivity index (χ1v) is 6.16. The molecule has 1 heterocycles. The summed E-state index contributed by atoms with van der Waals surface area (Å²) >= 11 is 0. The number of hydrogen-bond donors (Lipinski definition) is 1. The average molecular weight is 198 g/mol. The van der Waals surface area contributed by atoms with Crippen LogP contribution in [0.25, 0.3) is 0 Å². The molecule has 1 atom stereocenters. The first-order chi connectivity index (χ1) is 6.69. The van der Waals surface area contributed by atoms with Gasteiger partial charge in [-0.05, 0) is 18.8 Å². The maximum atomic E-state index is 3.61. The van der Waals surface area contributed by atoms with Crippen molar-refractivity contribution in [3.05, 3.63) is 0 Å². The minimum absolute atomic E-state index is 0.698. The third-order valence-corrected chi connectivity index (χ3v) is 3.50. The van der Waals surface area contributed by atoms with E-state index in [1.165, 1.54) is 32.5 Å². The average Bonchev–Trinajstić information content (AvgIpc) is 2.20. The second-order valence-electron chi connectivity index (χ2n) is 4.77. The molecular weight excluding hydrogens is 172 g/mol. The molecule has 0 radical (unpaired) electrons. The summed E-state index contributed by atoms with van der Waals surface area (Å²) in [6, 6.07) is 1.50. The fraction of sp³-hybridized carbons (Fsp3) is 1.00. The molecule has 0 aromatic heterocycles. The molecule has 0 saturated carbocycles. The molecule has 0 aromatic rings. The highest BCUT2D eigenvalue weighted by molar-refractivity contribution is 4.83. The standard InChI is InChI=1S/C12H26N2/c1-5-11(6-2)14-8-7-13-12(9-14)10(3)4/h10-13H,5-9H2,1-4H3. The first-order valence-electron chi connectivity index (χ1n) is 6.16. The number of hydrogen-bond acceptors (Lipinski definition) is 2. The molecule has 0 spiro atoms. The van der Waals surface area contributed by atoms with Crippen LogP contribution in [0.4, 0.5) is 0 Å². The van der Waals surface area contributed by atoms with Crippen LogP contribution in [-0.4, -0.2) is 36.6 Å². The normalized spacial score (nSPS) is 24.9. The topological polar surface area (TPSA) is 15.3 Å². The van der Waals surface area contributed by atoms with E-state index in [0.29, 0.717) is 6.04 Å². The van der Waals surface area contributed by atoms with Crippen LogP contribution < -0.4 is 5.32 Å². The molecular formula is C12H26N2. The minimum atomic E-state index is 0.698. The third-order valence-electron chi connectivity index (χ3n) is 3.50. The molecule has 0 bridgehead atoms. The van der Waals surface area contributed by atoms with Crippen molar-refractivity contribution in [1.82, 2.24) is 10.2 Å². The first kappa shape index (κ1) is 12.0. The van der Waals surface area contributed by atoms with Gasteiger partial charge in [-0.2, -0.15) is 0 Å². The van der Waals surface area contributed by atoms with E-state index in [2.05, 4.69) is 37.9 Å².